The Balaban J connectivity index is 2.14. The molecule has 1 amide bonds. The zero-order valence-corrected chi connectivity index (χ0v) is 9.76. The van der Waals surface area contributed by atoms with Gasteiger partial charge in [-0.1, -0.05) is 0 Å². The van der Waals surface area contributed by atoms with E-state index in [0.29, 0.717) is 19.4 Å². The summed E-state index contributed by atoms with van der Waals surface area (Å²) in [5, 5.41) is 10.6. The normalized spacial score (nSPS) is 23.2. The molecule has 1 saturated heterocycles. The molecule has 6 N–H and O–H groups in total. The standard InChI is InChI=1S/C10H20N4O3/c11-8(10(16)17)2-1-4-14-5-3-7(6-13-14)9(12)15/h7-8,13H,1-6,11H2,(H2,12,15)(H,16,17)/t7?,8-/m0/s1. The predicted molar refractivity (Wildman–Crippen MR) is 61.7 cm³/mol. The number of nitrogens with two attached hydrogens (primary N) is 2. The van der Waals surface area contributed by atoms with Crippen LogP contribution in [0.5, 0.6) is 0 Å². The van der Waals surface area contributed by atoms with Crippen molar-refractivity contribution < 1.29 is 14.7 Å². The number of carboxylic acid groups (broad SMARTS) is 1. The molecule has 0 aliphatic carbocycles. The van der Waals surface area contributed by atoms with Crippen LogP contribution in [0.25, 0.3) is 0 Å². The Hall–Kier alpha value is -1.18. The minimum Gasteiger partial charge on any atom is -0.480 e. The van der Waals surface area contributed by atoms with Crippen LogP contribution >= 0.6 is 0 Å². The fraction of sp³-hybridized carbons (Fsp3) is 0.800. The average Bonchev–Trinajstić information content (AvgIpc) is 2.29. The molecule has 98 valence electrons. The molecule has 0 saturated carbocycles. The second-order valence-corrected chi connectivity index (χ2v) is 4.32. The smallest absolute Gasteiger partial charge is 0.320 e. The summed E-state index contributed by atoms with van der Waals surface area (Å²) in [7, 11) is 0. The maximum Gasteiger partial charge on any atom is 0.320 e. The summed E-state index contributed by atoms with van der Waals surface area (Å²) in [5.41, 5.74) is 13.7. The largest absolute Gasteiger partial charge is 0.480 e. The van der Waals surface area contributed by atoms with Gasteiger partial charge in [-0.25, -0.2) is 5.01 Å². The van der Waals surface area contributed by atoms with Crippen LogP contribution in [0, 0.1) is 5.92 Å². The van der Waals surface area contributed by atoms with Gasteiger partial charge in [-0.05, 0) is 19.3 Å². The molecule has 0 aromatic rings. The first-order valence-electron chi connectivity index (χ1n) is 5.77. The minimum absolute atomic E-state index is 0.104. The number of hydrogen-bond acceptors (Lipinski definition) is 5. The van der Waals surface area contributed by atoms with Crippen LogP contribution in [0.3, 0.4) is 0 Å². The number of carbonyl (C=O) groups is 2. The van der Waals surface area contributed by atoms with Gasteiger partial charge in [-0.2, -0.15) is 0 Å². The Morgan fingerprint density at radius 2 is 2.24 bits per heavy atom. The van der Waals surface area contributed by atoms with E-state index in [4.69, 9.17) is 16.6 Å². The van der Waals surface area contributed by atoms with E-state index in [1.54, 1.807) is 0 Å². The number of nitrogens with zero attached hydrogens (tertiary/aromatic N) is 1. The summed E-state index contributed by atoms with van der Waals surface area (Å²) < 4.78 is 0. The lowest BCUT2D eigenvalue weighted by Gasteiger charge is -2.31. The minimum atomic E-state index is -0.967. The number of amides is 1. The zero-order valence-electron chi connectivity index (χ0n) is 9.76. The van der Waals surface area contributed by atoms with Gasteiger partial charge >= 0.3 is 5.97 Å². The fourth-order valence-corrected chi connectivity index (χ4v) is 1.79. The van der Waals surface area contributed by atoms with Gasteiger partial charge in [0.1, 0.15) is 6.04 Å². The Kier molecular flexibility index (Phi) is 5.33. The molecular weight excluding hydrogens is 224 g/mol. The van der Waals surface area contributed by atoms with E-state index < -0.39 is 12.0 Å². The maximum atomic E-state index is 10.9. The van der Waals surface area contributed by atoms with E-state index in [0.717, 1.165) is 19.5 Å². The van der Waals surface area contributed by atoms with Gasteiger partial charge in [-0.3, -0.25) is 15.0 Å². The van der Waals surface area contributed by atoms with Crippen molar-refractivity contribution in [3.05, 3.63) is 0 Å². The average molecular weight is 244 g/mol. The molecule has 0 bridgehead atoms. The van der Waals surface area contributed by atoms with Crippen LogP contribution in [-0.2, 0) is 9.59 Å². The number of hydrazine groups is 1. The Labute approximate surface area is 100 Å². The topological polar surface area (TPSA) is 122 Å². The number of carbonyl (C=O) groups excluding carboxylic acids is 1. The van der Waals surface area contributed by atoms with Crippen molar-refractivity contribution in [1.29, 1.82) is 0 Å². The Morgan fingerprint density at radius 1 is 1.53 bits per heavy atom. The van der Waals surface area contributed by atoms with Crippen molar-refractivity contribution in [1.82, 2.24) is 10.4 Å². The summed E-state index contributed by atoms with van der Waals surface area (Å²) >= 11 is 0. The summed E-state index contributed by atoms with van der Waals surface area (Å²) in [5.74, 6) is -1.34. The summed E-state index contributed by atoms with van der Waals surface area (Å²) in [4.78, 5) is 21.4. The number of primary amides is 1. The third-order valence-electron chi connectivity index (χ3n) is 2.97. The summed E-state index contributed by atoms with van der Waals surface area (Å²) in [6, 6.07) is -0.793. The molecule has 1 aliphatic heterocycles. The highest BCUT2D eigenvalue weighted by atomic mass is 16.4. The summed E-state index contributed by atoms with van der Waals surface area (Å²) in [6.45, 7) is 2.03. The molecular formula is C10H20N4O3. The SMILES string of the molecule is NC(=O)C1CCN(CCC[C@H](N)C(=O)O)NC1. The van der Waals surface area contributed by atoms with Gasteiger partial charge in [0.05, 0.1) is 5.92 Å². The Morgan fingerprint density at radius 3 is 2.71 bits per heavy atom. The van der Waals surface area contributed by atoms with Gasteiger partial charge in [0.15, 0.2) is 0 Å². The van der Waals surface area contributed by atoms with E-state index >= 15 is 0 Å². The lowest BCUT2D eigenvalue weighted by molar-refractivity contribution is -0.138. The molecule has 1 fully saturated rings. The number of carboxylic acids is 1. The first kappa shape index (κ1) is 13.9. The molecule has 7 nitrogen and oxygen atoms in total. The van der Waals surface area contributed by atoms with Crippen LogP contribution < -0.4 is 16.9 Å². The lowest BCUT2D eigenvalue weighted by atomic mass is 10.0. The highest BCUT2D eigenvalue weighted by Gasteiger charge is 2.22. The van der Waals surface area contributed by atoms with Gasteiger partial charge in [0, 0.05) is 19.6 Å². The molecule has 0 radical (unpaired) electrons. The van der Waals surface area contributed by atoms with E-state index in [9.17, 15) is 9.59 Å². The third-order valence-corrected chi connectivity index (χ3v) is 2.97. The van der Waals surface area contributed by atoms with Crippen molar-refractivity contribution in [3.8, 4) is 0 Å². The first-order chi connectivity index (χ1) is 8.00. The number of hydrogen-bond donors (Lipinski definition) is 4. The van der Waals surface area contributed by atoms with Crippen molar-refractivity contribution in [3.63, 3.8) is 0 Å². The third kappa shape index (κ3) is 4.68. The monoisotopic (exact) mass is 244 g/mol. The van der Waals surface area contributed by atoms with E-state index in [-0.39, 0.29) is 11.8 Å². The maximum absolute atomic E-state index is 10.9. The fourth-order valence-electron chi connectivity index (χ4n) is 1.79. The molecule has 1 rings (SSSR count). The van der Waals surface area contributed by atoms with Gasteiger partial charge in [0.2, 0.25) is 5.91 Å². The number of rotatable bonds is 6. The summed E-state index contributed by atoms with van der Waals surface area (Å²) in [6.07, 6.45) is 1.90. The van der Waals surface area contributed by atoms with Gasteiger partial charge in [-0.15, -0.1) is 0 Å². The van der Waals surface area contributed by atoms with Crippen LogP contribution in [0.4, 0.5) is 0 Å². The van der Waals surface area contributed by atoms with Gasteiger partial charge < -0.3 is 16.6 Å². The van der Waals surface area contributed by atoms with E-state index in [2.05, 4.69) is 5.43 Å². The van der Waals surface area contributed by atoms with Crippen molar-refractivity contribution in [2.45, 2.75) is 25.3 Å². The molecule has 7 heteroatoms. The molecule has 0 spiro atoms. The molecule has 0 aromatic heterocycles. The molecule has 17 heavy (non-hydrogen) atoms. The highest BCUT2D eigenvalue weighted by molar-refractivity contribution is 5.76. The molecule has 1 unspecified atom stereocenters. The van der Waals surface area contributed by atoms with Gasteiger partial charge in [0.25, 0.3) is 0 Å². The van der Waals surface area contributed by atoms with E-state index in [1.807, 2.05) is 5.01 Å². The highest BCUT2D eigenvalue weighted by Crippen LogP contribution is 2.09. The molecule has 1 aliphatic rings. The van der Waals surface area contributed by atoms with Crippen molar-refractivity contribution >= 4 is 11.9 Å². The zero-order chi connectivity index (χ0) is 12.8. The van der Waals surface area contributed by atoms with Crippen LogP contribution in [0.2, 0.25) is 0 Å². The molecule has 2 atom stereocenters. The van der Waals surface area contributed by atoms with Crippen molar-refractivity contribution in [2.75, 3.05) is 19.6 Å². The second kappa shape index (κ2) is 6.53. The number of nitrogens with one attached hydrogen (secondary N) is 1. The second-order valence-electron chi connectivity index (χ2n) is 4.32. The number of aliphatic carboxylic acids is 1. The van der Waals surface area contributed by atoms with E-state index in [1.165, 1.54) is 0 Å². The quantitative estimate of drug-likeness (QED) is 0.450. The Bertz CT molecular complexity index is 277. The predicted octanol–water partition coefficient (Wildman–Crippen LogP) is -1.51. The first-order valence-corrected chi connectivity index (χ1v) is 5.77. The molecule has 0 aromatic carbocycles. The van der Waals surface area contributed by atoms with Crippen molar-refractivity contribution in [2.24, 2.45) is 17.4 Å². The lowest BCUT2D eigenvalue weighted by Crippen LogP contribution is -2.50. The van der Waals surface area contributed by atoms with Crippen LogP contribution in [0.15, 0.2) is 0 Å². The van der Waals surface area contributed by atoms with Crippen LogP contribution in [-0.4, -0.2) is 47.7 Å². The molecule has 1 heterocycles. The van der Waals surface area contributed by atoms with Crippen LogP contribution in [0.1, 0.15) is 19.3 Å².